The third kappa shape index (κ3) is 7.27. The van der Waals surface area contributed by atoms with E-state index < -0.39 is 0 Å². The molecule has 1 aliphatic rings. The average molecular weight is 464 g/mol. The van der Waals surface area contributed by atoms with E-state index in [-0.39, 0.29) is 24.0 Å². The van der Waals surface area contributed by atoms with Crippen molar-refractivity contribution in [2.45, 2.75) is 52.1 Å². The highest BCUT2D eigenvalue weighted by atomic mass is 127. The van der Waals surface area contributed by atoms with Gasteiger partial charge in [0.15, 0.2) is 5.96 Å². The molecule has 1 aliphatic carbocycles. The van der Waals surface area contributed by atoms with Gasteiger partial charge in [0.05, 0.1) is 6.54 Å². The van der Waals surface area contributed by atoms with Gasteiger partial charge >= 0.3 is 0 Å². The molecule has 2 rings (SSSR count). The smallest absolute Gasteiger partial charge is 0.193 e. The first-order valence-electron chi connectivity index (χ1n) is 8.89. The van der Waals surface area contributed by atoms with Crippen molar-refractivity contribution in [1.82, 2.24) is 15.1 Å². The number of halogens is 1. The normalized spacial score (nSPS) is 14.8. The molecule has 0 amide bonds. The van der Waals surface area contributed by atoms with E-state index in [0.717, 1.165) is 44.6 Å². The fourth-order valence-electron chi connectivity index (χ4n) is 2.85. The third-order valence-corrected chi connectivity index (χ3v) is 5.21. The third-order valence-electron chi connectivity index (χ3n) is 4.27. The number of guanidine groups is 1. The van der Waals surface area contributed by atoms with Crippen molar-refractivity contribution in [2.75, 3.05) is 33.2 Å². The van der Waals surface area contributed by atoms with Gasteiger partial charge in [0.2, 0.25) is 0 Å². The lowest BCUT2D eigenvalue weighted by Gasteiger charge is -2.26. The van der Waals surface area contributed by atoms with E-state index in [1.165, 1.54) is 17.7 Å². The lowest BCUT2D eigenvalue weighted by Crippen LogP contribution is -2.41. The zero-order chi connectivity index (χ0) is 16.7. The number of likely N-dealkylation sites (N-methyl/N-ethyl adjacent to an activating group) is 1. The van der Waals surface area contributed by atoms with E-state index in [1.807, 2.05) is 11.3 Å². The van der Waals surface area contributed by atoms with Crippen molar-refractivity contribution in [1.29, 1.82) is 0 Å². The minimum atomic E-state index is 0. The number of aliphatic imine (C=N–C) groups is 1. The molecule has 1 heterocycles. The van der Waals surface area contributed by atoms with Gasteiger partial charge in [0.1, 0.15) is 0 Å². The molecule has 4 nitrogen and oxygen atoms in total. The van der Waals surface area contributed by atoms with Crippen LogP contribution in [0.15, 0.2) is 22.5 Å². The Morgan fingerprint density at radius 1 is 1.38 bits per heavy atom. The molecule has 0 aliphatic heterocycles. The van der Waals surface area contributed by atoms with Crippen LogP contribution in [0.25, 0.3) is 0 Å². The predicted octanol–water partition coefficient (Wildman–Crippen LogP) is 3.68. The second-order valence-electron chi connectivity index (χ2n) is 6.55. The average Bonchev–Trinajstić information content (AvgIpc) is 3.22. The van der Waals surface area contributed by atoms with Gasteiger partial charge in [0, 0.05) is 43.6 Å². The molecular weight excluding hydrogens is 431 g/mol. The molecule has 138 valence electrons. The minimum absolute atomic E-state index is 0. The summed E-state index contributed by atoms with van der Waals surface area (Å²) >= 11 is 1.83. The van der Waals surface area contributed by atoms with Crippen molar-refractivity contribution in [3.05, 3.63) is 22.4 Å². The van der Waals surface area contributed by atoms with Crippen molar-refractivity contribution >= 4 is 41.3 Å². The largest absolute Gasteiger partial charge is 0.357 e. The Morgan fingerprint density at radius 2 is 2.12 bits per heavy atom. The Bertz CT molecular complexity index is 469. The van der Waals surface area contributed by atoms with E-state index in [2.05, 4.69) is 60.4 Å². The summed E-state index contributed by atoms with van der Waals surface area (Å²) in [6, 6.07) is 5.76. The van der Waals surface area contributed by atoms with Crippen LogP contribution in [0.3, 0.4) is 0 Å². The van der Waals surface area contributed by atoms with Crippen LogP contribution in [-0.4, -0.2) is 61.1 Å². The maximum absolute atomic E-state index is 4.84. The van der Waals surface area contributed by atoms with Gasteiger partial charge in [0.25, 0.3) is 0 Å². The van der Waals surface area contributed by atoms with Crippen LogP contribution in [-0.2, 0) is 6.42 Å². The van der Waals surface area contributed by atoms with Crippen LogP contribution in [0.5, 0.6) is 0 Å². The summed E-state index contributed by atoms with van der Waals surface area (Å²) in [6.45, 7) is 10.6. The van der Waals surface area contributed by atoms with Crippen LogP contribution in [0, 0.1) is 0 Å². The number of rotatable bonds is 9. The van der Waals surface area contributed by atoms with Gasteiger partial charge in [-0.2, -0.15) is 0 Å². The Kier molecular flexibility index (Phi) is 10.2. The molecule has 1 fully saturated rings. The highest BCUT2D eigenvalue weighted by Crippen LogP contribution is 2.28. The summed E-state index contributed by atoms with van der Waals surface area (Å²) in [5.74, 6) is 1.03. The van der Waals surface area contributed by atoms with Crippen LogP contribution >= 0.6 is 35.3 Å². The van der Waals surface area contributed by atoms with Crippen LogP contribution in [0.2, 0.25) is 0 Å². The molecule has 0 saturated heterocycles. The Labute approximate surface area is 168 Å². The zero-order valence-electron chi connectivity index (χ0n) is 15.5. The molecule has 0 bridgehead atoms. The predicted molar refractivity (Wildman–Crippen MR) is 117 cm³/mol. The molecule has 1 aromatic heterocycles. The fourth-order valence-corrected chi connectivity index (χ4v) is 3.55. The van der Waals surface area contributed by atoms with Crippen LogP contribution in [0.4, 0.5) is 0 Å². The van der Waals surface area contributed by atoms with E-state index in [9.17, 15) is 0 Å². The monoisotopic (exact) mass is 464 g/mol. The van der Waals surface area contributed by atoms with Crippen molar-refractivity contribution < 1.29 is 0 Å². The topological polar surface area (TPSA) is 30.9 Å². The lowest BCUT2D eigenvalue weighted by molar-refractivity contribution is 0.217. The van der Waals surface area contributed by atoms with Crippen LogP contribution in [0.1, 0.15) is 38.5 Å². The first-order valence-corrected chi connectivity index (χ1v) is 9.77. The second kappa shape index (κ2) is 11.3. The summed E-state index contributed by atoms with van der Waals surface area (Å²) in [5, 5.41) is 5.57. The quantitative estimate of drug-likeness (QED) is 0.344. The first kappa shape index (κ1) is 21.7. The molecule has 0 spiro atoms. The lowest BCUT2D eigenvalue weighted by atomic mass is 10.3. The van der Waals surface area contributed by atoms with Crippen molar-refractivity contribution in [3.63, 3.8) is 0 Å². The Hall–Kier alpha value is -0.340. The van der Waals surface area contributed by atoms with Gasteiger partial charge in [-0.25, -0.2) is 0 Å². The molecule has 1 saturated carbocycles. The maximum atomic E-state index is 4.84. The number of nitrogens with one attached hydrogen (secondary N) is 1. The van der Waals surface area contributed by atoms with Crippen molar-refractivity contribution in [3.8, 4) is 0 Å². The SMILES string of the molecule is CCNC(=NCCN(C(C)C)C1CC1)N(C)CCc1cccs1.I. The molecule has 0 aromatic carbocycles. The number of thiophene rings is 1. The number of hydrogen-bond donors (Lipinski definition) is 1. The van der Waals surface area contributed by atoms with E-state index in [1.54, 1.807) is 0 Å². The zero-order valence-corrected chi connectivity index (χ0v) is 18.6. The first-order chi connectivity index (χ1) is 11.1. The molecule has 1 N–H and O–H groups in total. The van der Waals surface area contributed by atoms with Gasteiger partial charge in [-0.1, -0.05) is 6.07 Å². The molecule has 24 heavy (non-hydrogen) atoms. The fraction of sp³-hybridized carbons (Fsp3) is 0.722. The summed E-state index contributed by atoms with van der Waals surface area (Å²) in [4.78, 5) is 11.1. The molecule has 0 radical (unpaired) electrons. The summed E-state index contributed by atoms with van der Waals surface area (Å²) < 4.78 is 0. The van der Waals surface area contributed by atoms with E-state index in [4.69, 9.17) is 4.99 Å². The molecular formula is C18H33IN4S. The van der Waals surface area contributed by atoms with Gasteiger partial charge in [-0.05, 0) is 51.5 Å². The van der Waals surface area contributed by atoms with Crippen molar-refractivity contribution in [2.24, 2.45) is 4.99 Å². The van der Waals surface area contributed by atoms with Gasteiger partial charge in [-0.15, -0.1) is 35.3 Å². The summed E-state index contributed by atoms with van der Waals surface area (Å²) in [5.41, 5.74) is 0. The number of hydrogen-bond acceptors (Lipinski definition) is 3. The van der Waals surface area contributed by atoms with Gasteiger partial charge < -0.3 is 10.2 Å². The molecule has 1 aromatic rings. The summed E-state index contributed by atoms with van der Waals surface area (Å²) in [6.07, 6.45) is 3.81. The molecule has 0 unspecified atom stereocenters. The number of nitrogens with zero attached hydrogens (tertiary/aromatic N) is 3. The van der Waals surface area contributed by atoms with Gasteiger partial charge in [-0.3, -0.25) is 9.89 Å². The minimum Gasteiger partial charge on any atom is -0.357 e. The Morgan fingerprint density at radius 3 is 2.67 bits per heavy atom. The molecule has 6 heteroatoms. The highest BCUT2D eigenvalue weighted by molar-refractivity contribution is 14.0. The summed E-state index contributed by atoms with van der Waals surface area (Å²) in [7, 11) is 2.14. The second-order valence-corrected chi connectivity index (χ2v) is 7.58. The Balaban J connectivity index is 0.00000288. The highest BCUT2D eigenvalue weighted by Gasteiger charge is 2.30. The van der Waals surface area contributed by atoms with E-state index >= 15 is 0 Å². The standard InChI is InChI=1S/C18H32N4S.HI/c1-5-19-18(21(4)12-10-17-7-6-14-23-17)20-11-13-22(15(2)3)16-8-9-16;/h6-7,14-16H,5,8-13H2,1-4H3,(H,19,20);1H. The van der Waals surface area contributed by atoms with E-state index in [0.29, 0.717) is 6.04 Å². The van der Waals surface area contributed by atoms with Crippen LogP contribution < -0.4 is 5.32 Å². The molecule has 0 atom stereocenters. The maximum Gasteiger partial charge on any atom is 0.193 e.